The number of hydrogen-bond donors (Lipinski definition) is 0. The summed E-state index contributed by atoms with van der Waals surface area (Å²) < 4.78 is 59.6. The molecule has 1 aliphatic heterocycles. The number of sulfonamides is 1. The first-order valence-electron chi connectivity index (χ1n) is 11.5. The highest BCUT2D eigenvalue weighted by Crippen LogP contribution is 2.53. The summed E-state index contributed by atoms with van der Waals surface area (Å²) >= 11 is 12.5. The Morgan fingerprint density at radius 3 is 2.33 bits per heavy atom. The summed E-state index contributed by atoms with van der Waals surface area (Å²) in [5.74, 6) is 0.563. The van der Waals surface area contributed by atoms with Crippen molar-refractivity contribution in [3.8, 4) is 5.75 Å². The van der Waals surface area contributed by atoms with Crippen LogP contribution in [0.15, 0.2) is 71.6 Å². The number of aryl methyl sites for hydroxylation is 1. The fourth-order valence-corrected chi connectivity index (χ4v) is 9.72. The molecular weight excluding hydrogens is 541 g/mol. The van der Waals surface area contributed by atoms with Gasteiger partial charge in [0, 0.05) is 28.2 Å². The van der Waals surface area contributed by atoms with Gasteiger partial charge in [0.05, 0.1) is 11.2 Å². The van der Waals surface area contributed by atoms with E-state index >= 15 is 0 Å². The van der Waals surface area contributed by atoms with Crippen LogP contribution in [0.3, 0.4) is 0 Å². The molecule has 0 unspecified atom stereocenters. The van der Waals surface area contributed by atoms with Crippen LogP contribution in [-0.4, -0.2) is 40.0 Å². The van der Waals surface area contributed by atoms with E-state index in [2.05, 4.69) is 0 Å². The zero-order valence-electron chi connectivity index (χ0n) is 19.5. The predicted molar refractivity (Wildman–Crippen MR) is 141 cm³/mol. The fraction of sp³-hybridized carbons (Fsp3) is 0.308. The number of benzene rings is 3. The van der Waals surface area contributed by atoms with E-state index in [1.54, 1.807) is 60.7 Å². The largest absolute Gasteiger partial charge is 0.489 e. The summed E-state index contributed by atoms with van der Waals surface area (Å²) in [6.07, 6.45) is 2.25. The second-order valence-electron chi connectivity index (χ2n) is 9.19. The highest BCUT2D eigenvalue weighted by molar-refractivity contribution is 7.92. The maximum absolute atomic E-state index is 14.2. The molecule has 1 saturated heterocycles. The normalized spacial score (nSPS) is 22.1. The highest BCUT2D eigenvalue weighted by atomic mass is 35.5. The molecule has 1 aliphatic carbocycles. The molecule has 0 N–H and O–H groups in total. The van der Waals surface area contributed by atoms with Crippen molar-refractivity contribution in [2.24, 2.45) is 0 Å². The number of sulfone groups is 1. The van der Waals surface area contributed by atoms with E-state index in [0.29, 0.717) is 39.8 Å². The molecule has 2 aliphatic rings. The van der Waals surface area contributed by atoms with E-state index in [1.165, 1.54) is 4.31 Å². The van der Waals surface area contributed by atoms with E-state index in [9.17, 15) is 16.8 Å². The molecule has 6 nitrogen and oxygen atoms in total. The number of halogens is 2. The van der Waals surface area contributed by atoms with Crippen LogP contribution in [0.5, 0.6) is 5.75 Å². The molecule has 0 aromatic heterocycles. The van der Waals surface area contributed by atoms with Crippen molar-refractivity contribution in [3.05, 3.63) is 93.5 Å². The molecular formula is C26H25Cl2NO5S2. The lowest BCUT2D eigenvalue weighted by molar-refractivity contribution is 0.301. The zero-order chi connectivity index (χ0) is 25.7. The summed E-state index contributed by atoms with van der Waals surface area (Å²) in [6.45, 7) is 0.313. The van der Waals surface area contributed by atoms with Gasteiger partial charge in [0.25, 0.3) is 0 Å². The Balaban J connectivity index is 1.58. The van der Waals surface area contributed by atoms with Crippen molar-refractivity contribution in [1.82, 2.24) is 4.31 Å². The Bertz CT molecular complexity index is 1510. The molecule has 190 valence electrons. The quantitative estimate of drug-likeness (QED) is 0.409. The third kappa shape index (κ3) is 4.13. The van der Waals surface area contributed by atoms with E-state index in [0.717, 1.165) is 11.8 Å². The van der Waals surface area contributed by atoms with Crippen LogP contribution in [-0.2, 0) is 37.6 Å². The summed E-state index contributed by atoms with van der Waals surface area (Å²) in [4.78, 5) is 0.187. The molecule has 1 heterocycles. The summed E-state index contributed by atoms with van der Waals surface area (Å²) in [5, 5.41) is 1.01. The summed E-state index contributed by atoms with van der Waals surface area (Å²) in [7, 11) is -7.52. The van der Waals surface area contributed by atoms with Crippen LogP contribution in [0.25, 0.3) is 0 Å². The van der Waals surface area contributed by atoms with Crippen molar-refractivity contribution in [1.29, 1.82) is 0 Å². The SMILES string of the molecule is CS(=O)(=O)N1CC[C@@]2(S(=O)(=O)c3ccccc3)c3ccc(OCc4c(Cl)cccc4Cl)cc3CC[C@@H]12. The van der Waals surface area contributed by atoms with E-state index in [-0.39, 0.29) is 24.5 Å². The van der Waals surface area contributed by atoms with Gasteiger partial charge in [0.2, 0.25) is 10.0 Å². The van der Waals surface area contributed by atoms with Crippen LogP contribution in [0.4, 0.5) is 0 Å². The first-order chi connectivity index (χ1) is 17.1. The van der Waals surface area contributed by atoms with Gasteiger partial charge in [-0.2, -0.15) is 4.31 Å². The number of ether oxygens (including phenoxy) is 1. The molecule has 3 aromatic carbocycles. The van der Waals surface area contributed by atoms with Gasteiger partial charge >= 0.3 is 0 Å². The second kappa shape index (κ2) is 9.33. The van der Waals surface area contributed by atoms with Gasteiger partial charge in [-0.3, -0.25) is 0 Å². The molecule has 1 fully saturated rings. The van der Waals surface area contributed by atoms with Crippen LogP contribution < -0.4 is 4.74 Å². The van der Waals surface area contributed by atoms with Crippen molar-refractivity contribution in [3.63, 3.8) is 0 Å². The number of hydrogen-bond acceptors (Lipinski definition) is 5. The van der Waals surface area contributed by atoms with Gasteiger partial charge in [0.15, 0.2) is 9.84 Å². The van der Waals surface area contributed by atoms with E-state index in [4.69, 9.17) is 27.9 Å². The Labute approximate surface area is 221 Å². The molecule has 5 rings (SSSR count). The van der Waals surface area contributed by atoms with Crippen molar-refractivity contribution < 1.29 is 21.6 Å². The van der Waals surface area contributed by atoms with Crippen LogP contribution >= 0.6 is 23.2 Å². The van der Waals surface area contributed by atoms with Gasteiger partial charge in [-0.1, -0.05) is 53.5 Å². The molecule has 0 amide bonds. The smallest absolute Gasteiger partial charge is 0.211 e. The first-order valence-corrected chi connectivity index (χ1v) is 15.6. The van der Waals surface area contributed by atoms with Gasteiger partial charge in [0.1, 0.15) is 17.1 Å². The maximum atomic E-state index is 14.2. The van der Waals surface area contributed by atoms with Gasteiger partial charge in [-0.15, -0.1) is 0 Å². The van der Waals surface area contributed by atoms with Gasteiger partial charge in [-0.25, -0.2) is 16.8 Å². The molecule has 2 atom stereocenters. The molecule has 0 spiro atoms. The fourth-order valence-electron chi connectivity index (χ4n) is 5.59. The topological polar surface area (TPSA) is 80.8 Å². The summed E-state index contributed by atoms with van der Waals surface area (Å²) in [6, 6.07) is 18.2. The summed E-state index contributed by atoms with van der Waals surface area (Å²) in [5.41, 5.74) is 2.14. The maximum Gasteiger partial charge on any atom is 0.211 e. The van der Waals surface area contributed by atoms with Crippen molar-refractivity contribution in [2.45, 2.75) is 41.6 Å². The Morgan fingerprint density at radius 2 is 1.67 bits per heavy atom. The standard InChI is InChI=1S/C26H25Cl2NO5S2/c1-35(30,31)29-15-14-26(36(32,33)20-6-3-2-4-7-20)22-12-11-19(16-18(22)10-13-25(26)29)34-17-21-23(27)8-5-9-24(21)28/h2-9,11-12,16,25H,10,13-15,17H2,1H3/t25-,26-/m1/s1. The predicted octanol–water partition coefficient (Wildman–Crippen LogP) is 5.22. The van der Waals surface area contributed by atoms with Crippen LogP contribution in [0.1, 0.15) is 29.5 Å². The minimum absolute atomic E-state index is 0.151. The Hall–Kier alpha value is -2.10. The second-order valence-corrected chi connectivity index (χ2v) is 14.1. The molecule has 0 saturated carbocycles. The minimum atomic E-state index is -3.93. The minimum Gasteiger partial charge on any atom is -0.489 e. The average Bonchev–Trinajstić information content (AvgIpc) is 3.26. The first kappa shape index (κ1) is 25.5. The third-order valence-corrected chi connectivity index (χ3v) is 11.8. The molecule has 36 heavy (non-hydrogen) atoms. The Kier molecular flexibility index (Phi) is 6.62. The molecule has 0 bridgehead atoms. The average molecular weight is 567 g/mol. The molecule has 3 aromatic rings. The lowest BCUT2D eigenvalue weighted by Gasteiger charge is -2.42. The lowest BCUT2D eigenvalue weighted by Crippen LogP contribution is -2.51. The van der Waals surface area contributed by atoms with Gasteiger partial charge in [-0.05, 0) is 66.8 Å². The van der Waals surface area contributed by atoms with Crippen molar-refractivity contribution >= 4 is 43.1 Å². The Morgan fingerprint density at radius 1 is 0.972 bits per heavy atom. The number of fused-ring (bicyclic) bond motifs is 3. The number of nitrogens with zero attached hydrogens (tertiary/aromatic N) is 1. The zero-order valence-corrected chi connectivity index (χ0v) is 22.7. The molecule has 0 radical (unpaired) electrons. The van der Waals surface area contributed by atoms with E-state index < -0.39 is 30.6 Å². The van der Waals surface area contributed by atoms with Crippen LogP contribution in [0.2, 0.25) is 10.0 Å². The monoisotopic (exact) mass is 565 g/mol. The third-order valence-electron chi connectivity index (χ3n) is 7.21. The van der Waals surface area contributed by atoms with E-state index in [1.807, 2.05) is 6.07 Å². The van der Waals surface area contributed by atoms with Gasteiger partial charge < -0.3 is 4.74 Å². The number of rotatable bonds is 6. The highest BCUT2D eigenvalue weighted by Gasteiger charge is 2.61. The molecule has 10 heteroatoms. The lowest BCUT2D eigenvalue weighted by atomic mass is 9.79. The van der Waals surface area contributed by atoms with Crippen molar-refractivity contribution in [2.75, 3.05) is 12.8 Å². The van der Waals surface area contributed by atoms with Crippen LogP contribution in [0, 0.1) is 0 Å².